The maximum atomic E-state index is 12.2. The number of nitrogens with one attached hydrogen (secondary N) is 1. The average Bonchev–Trinajstić information content (AvgIpc) is 3.23. The molecule has 22 heavy (non-hydrogen) atoms. The number of hydrogen-bond donors (Lipinski definition) is 1. The third-order valence-corrected chi connectivity index (χ3v) is 5.10. The first-order valence-corrected chi connectivity index (χ1v) is 8.65. The number of carbonyl (C=O) groups excluding carboxylic acids is 3. The van der Waals surface area contributed by atoms with Crippen LogP contribution in [0.2, 0.25) is 0 Å². The van der Waals surface area contributed by atoms with Gasteiger partial charge in [-0.25, -0.2) is 0 Å². The molecule has 1 saturated heterocycles. The largest absolute Gasteiger partial charge is 0.343 e. The van der Waals surface area contributed by atoms with Gasteiger partial charge in [-0.3, -0.25) is 19.3 Å². The summed E-state index contributed by atoms with van der Waals surface area (Å²) < 4.78 is 0. The van der Waals surface area contributed by atoms with Crippen molar-refractivity contribution in [1.29, 1.82) is 0 Å². The van der Waals surface area contributed by atoms with Crippen LogP contribution in [0.15, 0.2) is 34.3 Å². The van der Waals surface area contributed by atoms with Crippen LogP contribution in [0.5, 0.6) is 0 Å². The second-order valence-electron chi connectivity index (χ2n) is 4.95. The summed E-state index contributed by atoms with van der Waals surface area (Å²) in [5.74, 6) is -0.875. The number of imide groups is 1. The van der Waals surface area contributed by atoms with E-state index in [0.29, 0.717) is 0 Å². The van der Waals surface area contributed by atoms with Crippen LogP contribution in [0.3, 0.4) is 0 Å². The molecule has 1 fully saturated rings. The van der Waals surface area contributed by atoms with Gasteiger partial charge in [0.05, 0.1) is 6.04 Å². The Morgan fingerprint density at radius 3 is 2.59 bits per heavy atom. The van der Waals surface area contributed by atoms with Crippen LogP contribution >= 0.6 is 22.7 Å². The molecule has 1 atom stereocenters. The van der Waals surface area contributed by atoms with E-state index in [1.807, 2.05) is 34.3 Å². The molecule has 3 heterocycles. The highest BCUT2D eigenvalue weighted by Crippen LogP contribution is 2.27. The highest BCUT2D eigenvalue weighted by molar-refractivity contribution is 7.10. The van der Waals surface area contributed by atoms with E-state index in [4.69, 9.17) is 0 Å². The Labute approximate surface area is 135 Å². The lowest BCUT2D eigenvalue weighted by Gasteiger charge is -2.19. The summed E-state index contributed by atoms with van der Waals surface area (Å²) in [5.41, 5.74) is 1.000. The molecule has 0 radical (unpaired) electrons. The maximum absolute atomic E-state index is 12.2. The second-order valence-corrected chi connectivity index (χ2v) is 6.71. The van der Waals surface area contributed by atoms with Crippen molar-refractivity contribution in [2.24, 2.45) is 0 Å². The van der Waals surface area contributed by atoms with Crippen molar-refractivity contribution in [1.82, 2.24) is 10.2 Å². The summed E-state index contributed by atoms with van der Waals surface area (Å²) in [6, 6.07) is 5.60. The molecule has 1 N–H and O–H groups in total. The van der Waals surface area contributed by atoms with Crippen LogP contribution in [-0.2, 0) is 14.4 Å². The number of hydrogen-bond acceptors (Lipinski definition) is 5. The zero-order valence-electron chi connectivity index (χ0n) is 11.7. The molecular formula is C15H14N2O3S2. The Morgan fingerprint density at radius 1 is 1.23 bits per heavy atom. The van der Waals surface area contributed by atoms with Gasteiger partial charge in [0, 0.05) is 17.7 Å². The summed E-state index contributed by atoms with van der Waals surface area (Å²) in [6.07, 6.45) is 0.399. The molecular weight excluding hydrogens is 320 g/mol. The quantitative estimate of drug-likeness (QED) is 0.852. The van der Waals surface area contributed by atoms with Crippen LogP contribution in [0.1, 0.15) is 29.3 Å². The Hall–Kier alpha value is -1.99. The highest BCUT2D eigenvalue weighted by atomic mass is 32.1. The van der Waals surface area contributed by atoms with Crippen molar-refractivity contribution >= 4 is 40.4 Å². The first kappa shape index (κ1) is 14.9. The summed E-state index contributed by atoms with van der Waals surface area (Å²) in [4.78, 5) is 37.5. The number of likely N-dealkylation sites (tertiary alicyclic amines) is 1. The SMILES string of the molecule is O=C(CN1C(=O)CCC1=O)N[C@@H](c1ccsc1)c1cccs1. The predicted octanol–water partition coefficient (Wildman–Crippen LogP) is 2.16. The van der Waals surface area contributed by atoms with Crippen molar-refractivity contribution in [2.45, 2.75) is 18.9 Å². The van der Waals surface area contributed by atoms with E-state index in [0.717, 1.165) is 15.3 Å². The first-order valence-electron chi connectivity index (χ1n) is 6.83. The Bertz CT molecular complexity index is 629. The van der Waals surface area contributed by atoms with Gasteiger partial charge in [0.2, 0.25) is 17.7 Å². The van der Waals surface area contributed by atoms with Gasteiger partial charge in [-0.15, -0.1) is 11.3 Å². The third-order valence-electron chi connectivity index (χ3n) is 3.47. The standard InChI is InChI=1S/C15H14N2O3S2/c18-12(8-17-13(19)3-4-14(17)20)16-15(10-5-7-21-9-10)11-2-1-6-22-11/h1-2,5-7,9,15H,3-4,8H2,(H,16,18)/t15-/m0/s1. The number of carbonyl (C=O) groups is 3. The van der Waals surface area contributed by atoms with Crippen molar-refractivity contribution < 1.29 is 14.4 Å². The van der Waals surface area contributed by atoms with Gasteiger partial charge >= 0.3 is 0 Å². The van der Waals surface area contributed by atoms with Gasteiger partial charge in [0.25, 0.3) is 0 Å². The molecule has 3 rings (SSSR count). The minimum absolute atomic E-state index is 0.199. The molecule has 1 aliphatic heterocycles. The van der Waals surface area contributed by atoms with Gasteiger partial charge in [-0.1, -0.05) is 6.07 Å². The van der Waals surface area contributed by atoms with Crippen molar-refractivity contribution in [3.63, 3.8) is 0 Å². The average molecular weight is 334 g/mol. The molecule has 0 spiro atoms. The van der Waals surface area contributed by atoms with E-state index in [1.54, 1.807) is 22.7 Å². The van der Waals surface area contributed by atoms with E-state index >= 15 is 0 Å². The van der Waals surface area contributed by atoms with Gasteiger partial charge in [-0.05, 0) is 33.8 Å². The van der Waals surface area contributed by atoms with Gasteiger partial charge in [-0.2, -0.15) is 11.3 Å². The molecule has 0 unspecified atom stereocenters. The Balaban J connectivity index is 1.72. The maximum Gasteiger partial charge on any atom is 0.240 e. The highest BCUT2D eigenvalue weighted by Gasteiger charge is 2.31. The minimum atomic E-state index is -0.326. The molecule has 3 amide bonds. The zero-order valence-corrected chi connectivity index (χ0v) is 13.3. The van der Waals surface area contributed by atoms with Gasteiger partial charge < -0.3 is 5.32 Å². The second kappa shape index (κ2) is 6.41. The molecule has 0 aliphatic carbocycles. The molecule has 0 bridgehead atoms. The molecule has 0 saturated carbocycles. The van der Waals surface area contributed by atoms with E-state index in [-0.39, 0.29) is 43.1 Å². The monoisotopic (exact) mass is 334 g/mol. The van der Waals surface area contributed by atoms with E-state index in [1.165, 1.54) is 0 Å². The number of nitrogens with zero attached hydrogens (tertiary/aromatic N) is 1. The lowest BCUT2D eigenvalue weighted by Crippen LogP contribution is -2.41. The fourth-order valence-corrected chi connectivity index (χ4v) is 3.85. The van der Waals surface area contributed by atoms with Crippen molar-refractivity contribution in [2.75, 3.05) is 6.54 Å². The van der Waals surface area contributed by atoms with Gasteiger partial charge in [0.1, 0.15) is 6.54 Å². The molecule has 114 valence electrons. The predicted molar refractivity (Wildman–Crippen MR) is 84.6 cm³/mol. The van der Waals surface area contributed by atoms with E-state index < -0.39 is 0 Å². The van der Waals surface area contributed by atoms with Crippen molar-refractivity contribution in [3.8, 4) is 0 Å². The smallest absolute Gasteiger partial charge is 0.240 e. The molecule has 2 aromatic rings. The fraction of sp³-hybridized carbons (Fsp3) is 0.267. The normalized spacial score (nSPS) is 16.1. The summed E-state index contributed by atoms with van der Waals surface area (Å²) in [6.45, 7) is -0.205. The zero-order chi connectivity index (χ0) is 15.5. The van der Waals surface area contributed by atoms with E-state index in [9.17, 15) is 14.4 Å². The minimum Gasteiger partial charge on any atom is -0.343 e. The number of rotatable bonds is 5. The van der Waals surface area contributed by atoms with Gasteiger partial charge in [0.15, 0.2) is 0 Å². The van der Waals surface area contributed by atoms with Crippen molar-refractivity contribution in [3.05, 3.63) is 44.8 Å². The molecule has 2 aromatic heterocycles. The summed E-state index contributed by atoms with van der Waals surface area (Å²) in [5, 5.41) is 8.81. The number of thiophene rings is 2. The Kier molecular flexibility index (Phi) is 4.35. The van der Waals surface area contributed by atoms with Crippen LogP contribution in [0, 0.1) is 0 Å². The van der Waals surface area contributed by atoms with Crippen LogP contribution < -0.4 is 5.32 Å². The summed E-state index contributed by atoms with van der Waals surface area (Å²) >= 11 is 3.12. The molecule has 0 aromatic carbocycles. The number of amides is 3. The molecule has 7 heteroatoms. The Morgan fingerprint density at radius 2 is 2.00 bits per heavy atom. The lowest BCUT2D eigenvalue weighted by atomic mass is 10.1. The topological polar surface area (TPSA) is 66.5 Å². The lowest BCUT2D eigenvalue weighted by molar-refractivity contribution is -0.142. The molecule has 5 nitrogen and oxygen atoms in total. The fourth-order valence-electron chi connectivity index (χ4n) is 2.36. The summed E-state index contributed by atoms with van der Waals surface area (Å²) in [7, 11) is 0. The van der Waals surface area contributed by atoms with Crippen LogP contribution in [0.4, 0.5) is 0 Å². The van der Waals surface area contributed by atoms with Crippen LogP contribution in [-0.4, -0.2) is 29.2 Å². The molecule has 1 aliphatic rings. The van der Waals surface area contributed by atoms with Crippen LogP contribution in [0.25, 0.3) is 0 Å². The van der Waals surface area contributed by atoms with E-state index in [2.05, 4.69) is 5.32 Å². The first-order chi connectivity index (χ1) is 10.6. The third kappa shape index (κ3) is 3.10.